The van der Waals surface area contributed by atoms with Crippen molar-refractivity contribution in [2.24, 2.45) is 5.73 Å². The van der Waals surface area contributed by atoms with E-state index in [4.69, 9.17) is 5.73 Å². The van der Waals surface area contributed by atoms with Crippen LogP contribution >= 0.6 is 0 Å². The van der Waals surface area contributed by atoms with Crippen molar-refractivity contribution >= 4 is 0 Å². The summed E-state index contributed by atoms with van der Waals surface area (Å²) in [6.45, 7) is 6.26. The molecular weight excluding hydrogens is 224 g/mol. The van der Waals surface area contributed by atoms with E-state index in [-0.39, 0.29) is 6.04 Å². The van der Waals surface area contributed by atoms with Crippen molar-refractivity contribution in [3.63, 3.8) is 0 Å². The van der Waals surface area contributed by atoms with Gasteiger partial charge >= 0.3 is 0 Å². The average molecular weight is 244 g/mol. The molecule has 0 saturated heterocycles. The van der Waals surface area contributed by atoms with Gasteiger partial charge < -0.3 is 5.73 Å². The van der Waals surface area contributed by atoms with Crippen LogP contribution in [0.4, 0.5) is 0 Å². The van der Waals surface area contributed by atoms with Crippen molar-refractivity contribution in [1.82, 2.24) is 14.8 Å². The highest BCUT2D eigenvalue weighted by Gasteiger charge is 2.13. The topological polar surface area (TPSA) is 56.7 Å². The van der Waals surface area contributed by atoms with Gasteiger partial charge in [0.25, 0.3) is 0 Å². The van der Waals surface area contributed by atoms with E-state index in [1.165, 1.54) is 0 Å². The highest BCUT2D eigenvalue weighted by Crippen LogP contribution is 2.16. The van der Waals surface area contributed by atoms with Gasteiger partial charge in [0.15, 0.2) is 0 Å². The smallest absolute Gasteiger partial charge is 0.0644 e. The van der Waals surface area contributed by atoms with Crippen molar-refractivity contribution in [2.45, 2.75) is 39.3 Å². The van der Waals surface area contributed by atoms with Crippen LogP contribution in [0.25, 0.3) is 0 Å². The lowest BCUT2D eigenvalue weighted by molar-refractivity contribution is 0.522. The van der Waals surface area contributed by atoms with Gasteiger partial charge in [-0.25, -0.2) is 0 Å². The van der Waals surface area contributed by atoms with E-state index in [1.54, 1.807) is 6.20 Å². The van der Waals surface area contributed by atoms with E-state index >= 15 is 0 Å². The van der Waals surface area contributed by atoms with Crippen molar-refractivity contribution in [3.05, 3.63) is 47.5 Å². The molecule has 1 unspecified atom stereocenters. The number of nitrogens with zero attached hydrogens (tertiary/aromatic N) is 3. The van der Waals surface area contributed by atoms with Gasteiger partial charge in [0.05, 0.1) is 17.4 Å². The first-order chi connectivity index (χ1) is 8.58. The third kappa shape index (κ3) is 2.76. The Bertz CT molecular complexity index is 516. The first kappa shape index (κ1) is 12.8. The number of pyridine rings is 1. The van der Waals surface area contributed by atoms with Crippen LogP contribution in [-0.4, -0.2) is 14.8 Å². The number of rotatable bonds is 4. The minimum Gasteiger partial charge on any atom is -0.322 e. The third-order valence-electron chi connectivity index (χ3n) is 3.02. The molecule has 2 N–H and O–H groups in total. The Labute approximate surface area is 108 Å². The first-order valence-electron chi connectivity index (χ1n) is 6.29. The number of aryl methyl sites for hydroxylation is 1. The van der Waals surface area contributed by atoms with Crippen LogP contribution in [0.5, 0.6) is 0 Å². The molecule has 0 aliphatic rings. The second-order valence-corrected chi connectivity index (χ2v) is 4.90. The van der Waals surface area contributed by atoms with E-state index in [1.807, 2.05) is 36.0 Å². The molecule has 96 valence electrons. The molecule has 0 amide bonds. The van der Waals surface area contributed by atoms with Crippen molar-refractivity contribution in [1.29, 1.82) is 0 Å². The number of hydrogen-bond donors (Lipinski definition) is 1. The van der Waals surface area contributed by atoms with E-state index in [0.29, 0.717) is 6.04 Å². The van der Waals surface area contributed by atoms with Gasteiger partial charge in [0, 0.05) is 24.9 Å². The van der Waals surface area contributed by atoms with Crippen LogP contribution in [0.1, 0.15) is 42.9 Å². The summed E-state index contributed by atoms with van der Waals surface area (Å²) >= 11 is 0. The SMILES string of the molecule is Cc1cccnc1C(N)Cc1ccn(C(C)C)n1. The minimum absolute atomic E-state index is 0.0956. The molecule has 2 aromatic rings. The van der Waals surface area contributed by atoms with Crippen LogP contribution in [0.15, 0.2) is 30.6 Å². The van der Waals surface area contributed by atoms with Gasteiger partial charge in [-0.15, -0.1) is 0 Å². The van der Waals surface area contributed by atoms with Crippen LogP contribution in [0, 0.1) is 6.92 Å². The lowest BCUT2D eigenvalue weighted by Gasteiger charge is -2.12. The van der Waals surface area contributed by atoms with Crippen molar-refractivity contribution in [2.75, 3.05) is 0 Å². The maximum atomic E-state index is 6.20. The van der Waals surface area contributed by atoms with Crippen LogP contribution in [0.2, 0.25) is 0 Å². The number of nitrogens with two attached hydrogens (primary N) is 1. The van der Waals surface area contributed by atoms with Gasteiger partial charge in [-0.05, 0) is 38.5 Å². The van der Waals surface area contributed by atoms with Crippen LogP contribution in [-0.2, 0) is 6.42 Å². The van der Waals surface area contributed by atoms with Crippen molar-refractivity contribution < 1.29 is 0 Å². The van der Waals surface area contributed by atoms with Gasteiger partial charge in [-0.3, -0.25) is 9.67 Å². The molecule has 2 aromatic heterocycles. The maximum Gasteiger partial charge on any atom is 0.0644 e. The summed E-state index contributed by atoms with van der Waals surface area (Å²) in [7, 11) is 0. The van der Waals surface area contributed by atoms with E-state index < -0.39 is 0 Å². The van der Waals surface area contributed by atoms with Gasteiger partial charge in [-0.1, -0.05) is 6.07 Å². The molecule has 2 heterocycles. The second-order valence-electron chi connectivity index (χ2n) is 4.90. The largest absolute Gasteiger partial charge is 0.322 e. The average Bonchev–Trinajstić information content (AvgIpc) is 2.78. The summed E-state index contributed by atoms with van der Waals surface area (Å²) in [5, 5.41) is 4.51. The monoisotopic (exact) mass is 244 g/mol. The highest BCUT2D eigenvalue weighted by atomic mass is 15.3. The molecule has 0 radical (unpaired) electrons. The van der Waals surface area contributed by atoms with Gasteiger partial charge in [-0.2, -0.15) is 5.10 Å². The van der Waals surface area contributed by atoms with Crippen molar-refractivity contribution in [3.8, 4) is 0 Å². The summed E-state index contributed by atoms with van der Waals surface area (Å²) in [5.41, 5.74) is 9.30. The molecule has 0 saturated carbocycles. The molecule has 0 aromatic carbocycles. The Morgan fingerprint density at radius 1 is 1.33 bits per heavy atom. The molecule has 1 atom stereocenters. The Hall–Kier alpha value is -1.68. The Kier molecular flexibility index (Phi) is 3.77. The lowest BCUT2D eigenvalue weighted by Crippen LogP contribution is -2.16. The van der Waals surface area contributed by atoms with Crippen LogP contribution in [0.3, 0.4) is 0 Å². The van der Waals surface area contributed by atoms with E-state index in [9.17, 15) is 0 Å². The third-order valence-corrected chi connectivity index (χ3v) is 3.02. The molecular formula is C14H20N4. The zero-order valence-corrected chi connectivity index (χ0v) is 11.2. The Morgan fingerprint density at radius 3 is 2.72 bits per heavy atom. The summed E-state index contributed by atoms with van der Waals surface area (Å²) in [5.74, 6) is 0. The zero-order valence-electron chi connectivity index (χ0n) is 11.2. The molecule has 18 heavy (non-hydrogen) atoms. The number of aromatic nitrogens is 3. The van der Waals surface area contributed by atoms with E-state index in [0.717, 1.165) is 23.4 Å². The molecule has 0 fully saturated rings. The molecule has 0 aliphatic heterocycles. The van der Waals surface area contributed by atoms with Crippen LogP contribution < -0.4 is 5.73 Å². The predicted molar refractivity (Wildman–Crippen MR) is 72.2 cm³/mol. The molecule has 4 nitrogen and oxygen atoms in total. The normalized spacial score (nSPS) is 12.9. The zero-order chi connectivity index (χ0) is 13.1. The Morgan fingerprint density at radius 2 is 2.11 bits per heavy atom. The summed E-state index contributed by atoms with van der Waals surface area (Å²) in [6.07, 6.45) is 4.50. The Balaban J connectivity index is 2.11. The number of hydrogen-bond acceptors (Lipinski definition) is 3. The summed E-state index contributed by atoms with van der Waals surface area (Å²) in [6, 6.07) is 6.28. The maximum absolute atomic E-state index is 6.20. The standard InChI is InChI=1S/C14H20N4/c1-10(2)18-8-6-12(17-18)9-13(15)14-11(3)5-4-7-16-14/h4-8,10,13H,9,15H2,1-3H3. The minimum atomic E-state index is -0.0956. The molecule has 0 aliphatic carbocycles. The van der Waals surface area contributed by atoms with Gasteiger partial charge in [0.1, 0.15) is 0 Å². The van der Waals surface area contributed by atoms with E-state index in [2.05, 4.69) is 23.9 Å². The first-order valence-corrected chi connectivity index (χ1v) is 6.29. The summed E-state index contributed by atoms with van der Waals surface area (Å²) in [4.78, 5) is 4.36. The lowest BCUT2D eigenvalue weighted by atomic mass is 10.0. The quantitative estimate of drug-likeness (QED) is 0.898. The van der Waals surface area contributed by atoms with Gasteiger partial charge in [0.2, 0.25) is 0 Å². The molecule has 4 heteroatoms. The molecule has 0 bridgehead atoms. The highest BCUT2D eigenvalue weighted by molar-refractivity contribution is 5.22. The fourth-order valence-electron chi connectivity index (χ4n) is 1.98. The fraction of sp³-hybridized carbons (Fsp3) is 0.429. The molecule has 0 spiro atoms. The second kappa shape index (κ2) is 5.31. The fourth-order valence-corrected chi connectivity index (χ4v) is 1.98. The summed E-state index contributed by atoms with van der Waals surface area (Å²) < 4.78 is 1.95. The predicted octanol–water partition coefficient (Wildman–Crippen LogP) is 2.41. The molecule has 2 rings (SSSR count).